The molecule has 0 radical (unpaired) electrons. The van der Waals surface area contributed by atoms with Crippen molar-refractivity contribution >= 4 is 37.8 Å². The molecule has 0 bridgehead atoms. The number of unbranched alkanes of at least 4 members (excludes halogenated alkanes) is 3. The van der Waals surface area contributed by atoms with Gasteiger partial charge >= 0.3 is 5.97 Å². The number of benzene rings is 2. The maximum Gasteiger partial charge on any atom is 0.343 e. The van der Waals surface area contributed by atoms with Gasteiger partial charge in [-0.15, -0.1) is 0 Å². The number of hydrogen-bond donors (Lipinski definition) is 0. The third kappa shape index (κ3) is 5.85. The van der Waals surface area contributed by atoms with Gasteiger partial charge in [-0.25, -0.2) is 4.79 Å². The Labute approximate surface area is 172 Å². The van der Waals surface area contributed by atoms with Gasteiger partial charge in [0.25, 0.3) is 0 Å². The first-order valence-corrected chi connectivity index (χ1v) is 10.4. The molecule has 5 heteroatoms. The lowest BCUT2D eigenvalue weighted by molar-refractivity contribution is 0.0732. The van der Waals surface area contributed by atoms with E-state index in [0.29, 0.717) is 17.9 Å². The van der Waals surface area contributed by atoms with E-state index in [9.17, 15) is 4.79 Å². The molecule has 0 spiro atoms. The molecule has 2 aromatic rings. The summed E-state index contributed by atoms with van der Waals surface area (Å²) in [5, 5.41) is 0. The first kappa shape index (κ1) is 21.0. The van der Waals surface area contributed by atoms with Crippen LogP contribution in [0.4, 0.5) is 0 Å². The highest BCUT2D eigenvalue weighted by atomic mass is 79.9. The summed E-state index contributed by atoms with van der Waals surface area (Å²) in [6.45, 7) is 6.71. The van der Waals surface area contributed by atoms with Gasteiger partial charge in [0.1, 0.15) is 11.5 Å². The Morgan fingerprint density at radius 2 is 1.69 bits per heavy atom. The lowest BCUT2D eigenvalue weighted by atomic mass is 10.1. The largest absolute Gasteiger partial charge is 0.492 e. The van der Waals surface area contributed by atoms with Gasteiger partial charge in [-0.3, -0.25) is 0 Å². The van der Waals surface area contributed by atoms with Gasteiger partial charge in [0.2, 0.25) is 0 Å². The number of halogens is 2. The summed E-state index contributed by atoms with van der Waals surface area (Å²) in [4.78, 5) is 12.5. The molecule has 0 aliphatic rings. The number of rotatable bonds is 8. The van der Waals surface area contributed by atoms with Crippen molar-refractivity contribution in [1.82, 2.24) is 0 Å². The Morgan fingerprint density at radius 1 is 1.00 bits per heavy atom. The number of hydrogen-bond acceptors (Lipinski definition) is 3. The zero-order valence-electron chi connectivity index (χ0n) is 15.4. The van der Waals surface area contributed by atoms with Crippen LogP contribution >= 0.6 is 31.9 Å². The second kappa shape index (κ2) is 10.1. The third-order valence-electron chi connectivity index (χ3n) is 4.04. The summed E-state index contributed by atoms with van der Waals surface area (Å²) >= 11 is 6.93. The second-order valence-corrected chi connectivity index (χ2v) is 8.08. The van der Waals surface area contributed by atoms with Gasteiger partial charge in [-0.05, 0) is 77.7 Å². The number of ether oxygens (including phenoxy) is 2. The second-order valence-electron chi connectivity index (χ2n) is 6.31. The fourth-order valence-corrected chi connectivity index (χ4v) is 3.85. The Bertz CT molecular complexity index is 749. The van der Waals surface area contributed by atoms with Crippen molar-refractivity contribution in [3.8, 4) is 11.5 Å². The van der Waals surface area contributed by atoms with E-state index in [1.807, 2.05) is 32.0 Å². The SMILES string of the molecule is CCCCCCOc1ccc(C(=O)Oc2c(C)cc(Br)cc2C)cc1Br. The fourth-order valence-electron chi connectivity index (χ4n) is 2.67. The highest BCUT2D eigenvalue weighted by molar-refractivity contribution is 9.10. The highest BCUT2D eigenvalue weighted by Crippen LogP contribution is 2.30. The van der Waals surface area contributed by atoms with E-state index in [2.05, 4.69) is 38.8 Å². The van der Waals surface area contributed by atoms with Gasteiger partial charge in [0.05, 0.1) is 16.6 Å². The molecule has 0 heterocycles. The summed E-state index contributed by atoms with van der Waals surface area (Å²) in [6, 6.07) is 9.15. The summed E-state index contributed by atoms with van der Waals surface area (Å²) in [7, 11) is 0. The maximum absolute atomic E-state index is 12.5. The molecule has 0 fully saturated rings. The Balaban J connectivity index is 2.03. The van der Waals surface area contributed by atoms with E-state index in [1.54, 1.807) is 12.1 Å². The van der Waals surface area contributed by atoms with Crippen LogP contribution in [0.25, 0.3) is 0 Å². The van der Waals surface area contributed by atoms with Crippen molar-refractivity contribution in [2.75, 3.05) is 6.61 Å². The van der Waals surface area contributed by atoms with Gasteiger partial charge in [0, 0.05) is 4.47 Å². The number of carbonyl (C=O) groups excluding carboxylic acids is 1. The molecule has 2 aromatic carbocycles. The van der Waals surface area contributed by atoms with E-state index >= 15 is 0 Å². The molecule has 0 unspecified atom stereocenters. The number of carbonyl (C=O) groups is 1. The topological polar surface area (TPSA) is 35.5 Å². The smallest absolute Gasteiger partial charge is 0.343 e. The van der Waals surface area contributed by atoms with Crippen LogP contribution in [0.1, 0.15) is 54.1 Å². The standard InChI is InChI=1S/C21H24Br2O3/c1-4-5-6-7-10-25-19-9-8-16(13-18(19)23)21(24)26-20-14(2)11-17(22)12-15(20)3/h8-9,11-13H,4-7,10H2,1-3H3. The third-order valence-corrected chi connectivity index (χ3v) is 5.12. The Morgan fingerprint density at radius 3 is 2.31 bits per heavy atom. The molecule has 26 heavy (non-hydrogen) atoms. The molecule has 3 nitrogen and oxygen atoms in total. The molecule has 0 aromatic heterocycles. The van der Waals surface area contributed by atoms with Crippen molar-refractivity contribution in [3.63, 3.8) is 0 Å². The van der Waals surface area contributed by atoms with Crippen molar-refractivity contribution in [1.29, 1.82) is 0 Å². The first-order valence-electron chi connectivity index (χ1n) is 8.83. The monoisotopic (exact) mass is 482 g/mol. The molecule has 0 saturated carbocycles. The first-order chi connectivity index (χ1) is 12.4. The van der Waals surface area contributed by atoms with Crippen LogP contribution in [0.5, 0.6) is 11.5 Å². The minimum atomic E-state index is -0.381. The van der Waals surface area contributed by atoms with Crippen LogP contribution < -0.4 is 9.47 Å². The molecule has 2 rings (SSSR count). The van der Waals surface area contributed by atoms with Crippen LogP contribution in [0.2, 0.25) is 0 Å². The van der Waals surface area contributed by atoms with E-state index in [4.69, 9.17) is 9.47 Å². The summed E-state index contributed by atoms with van der Waals surface area (Å²) < 4.78 is 13.1. The molecule has 140 valence electrons. The minimum absolute atomic E-state index is 0.381. The average molecular weight is 484 g/mol. The average Bonchev–Trinajstić information content (AvgIpc) is 2.58. The van der Waals surface area contributed by atoms with E-state index in [-0.39, 0.29) is 5.97 Å². The molecule has 0 aliphatic carbocycles. The Hall–Kier alpha value is -1.33. The van der Waals surface area contributed by atoms with Gasteiger partial charge in [0.15, 0.2) is 0 Å². The van der Waals surface area contributed by atoms with E-state index in [0.717, 1.165) is 32.2 Å². The molecule has 0 amide bonds. The van der Waals surface area contributed by atoms with Crippen LogP contribution in [0.15, 0.2) is 39.3 Å². The lowest BCUT2D eigenvalue weighted by Crippen LogP contribution is -2.10. The lowest BCUT2D eigenvalue weighted by Gasteiger charge is -2.12. The summed E-state index contributed by atoms with van der Waals surface area (Å²) in [5.41, 5.74) is 2.31. The minimum Gasteiger partial charge on any atom is -0.492 e. The zero-order chi connectivity index (χ0) is 19.1. The molecule has 0 saturated heterocycles. The predicted octanol–water partition coefficient (Wildman–Crippen LogP) is 7.01. The predicted molar refractivity (Wildman–Crippen MR) is 112 cm³/mol. The van der Waals surface area contributed by atoms with Crippen LogP contribution in [0.3, 0.4) is 0 Å². The maximum atomic E-state index is 12.5. The fraction of sp³-hybridized carbons (Fsp3) is 0.381. The van der Waals surface area contributed by atoms with Gasteiger partial charge in [-0.2, -0.15) is 0 Å². The zero-order valence-corrected chi connectivity index (χ0v) is 18.6. The normalized spacial score (nSPS) is 10.7. The van der Waals surface area contributed by atoms with Crippen LogP contribution in [0, 0.1) is 13.8 Å². The van der Waals surface area contributed by atoms with Crippen molar-refractivity contribution in [3.05, 3.63) is 56.0 Å². The van der Waals surface area contributed by atoms with Crippen LogP contribution in [-0.4, -0.2) is 12.6 Å². The highest BCUT2D eigenvalue weighted by Gasteiger charge is 2.15. The van der Waals surface area contributed by atoms with Crippen molar-refractivity contribution < 1.29 is 14.3 Å². The Kier molecular flexibility index (Phi) is 8.16. The molecular weight excluding hydrogens is 460 g/mol. The van der Waals surface area contributed by atoms with E-state index in [1.165, 1.54) is 19.3 Å². The van der Waals surface area contributed by atoms with Gasteiger partial charge < -0.3 is 9.47 Å². The number of aryl methyl sites for hydroxylation is 2. The molecule has 0 aliphatic heterocycles. The van der Waals surface area contributed by atoms with E-state index < -0.39 is 0 Å². The summed E-state index contributed by atoms with van der Waals surface area (Å²) in [5.74, 6) is 0.966. The summed E-state index contributed by atoms with van der Waals surface area (Å²) in [6.07, 6.45) is 4.64. The van der Waals surface area contributed by atoms with Crippen LogP contribution in [-0.2, 0) is 0 Å². The number of esters is 1. The molecule has 0 atom stereocenters. The van der Waals surface area contributed by atoms with Gasteiger partial charge in [-0.1, -0.05) is 42.1 Å². The quantitative estimate of drug-likeness (QED) is 0.230. The molecule has 0 N–H and O–H groups in total. The van der Waals surface area contributed by atoms with Crippen molar-refractivity contribution in [2.45, 2.75) is 46.5 Å². The molecular formula is C21H24Br2O3. The van der Waals surface area contributed by atoms with Crippen molar-refractivity contribution in [2.24, 2.45) is 0 Å².